The summed E-state index contributed by atoms with van der Waals surface area (Å²) in [5.74, 6) is -0.980. The molecule has 0 aliphatic heterocycles. The van der Waals surface area contributed by atoms with Gasteiger partial charge in [-0.15, -0.1) is 13.2 Å². The number of aryl methyl sites for hydroxylation is 1. The number of benzene rings is 1. The maximum Gasteiger partial charge on any atom is 0.573 e. The summed E-state index contributed by atoms with van der Waals surface area (Å²) in [6.45, 7) is 2.64. The van der Waals surface area contributed by atoms with Gasteiger partial charge in [-0.25, -0.2) is 0 Å². The molecule has 8 heteroatoms. The summed E-state index contributed by atoms with van der Waals surface area (Å²) >= 11 is 0. The summed E-state index contributed by atoms with van der Waals surface area (Å²) in [7, 11) is 0. The van der Waals surface area contributed by atoms with Crippen molar-refractivity contribution in [3.05, 3.63) is 30.0 Å². The average Bonchev–Trinajstić information content (AvgIpc) is 2.69. The molecule has 2 aromatic rings. The first-order valence-corrected chi connectivity index (χ1v) is 5.78. The van der Waals surface area contributed by atoms with Crippen LogP contribution in [0.2, 0.25) is 0 Å². The molecule has 1 aromatic heterocycles. The summed E-state index contributed by atoms with van der Waals surface area (Å²) in [5.41, 5.74) is -0.0366. The summed E-state index contributed by atoms with van der Waals surface area (Å²) in [6.07, 6.45) is -4.85. The standard InChI is InChI=1S/C13H10F3NO4/c1-7-12(19-8(2)18)11(17-21-7)9-5-3-4-6-10(9)20-13(14,15)16/h3-6H,1-2H3. The molecule has 0 saturated heterocycles. The number of ether oxygens (including phenoxy) is 2. The van der Waals surface area contributed by atoms with Crippen molar-refractivity contribution < 1.29 is 32.0 Å². The highest BCUT2D eigenvalue weighted by Crippen LogP contribution is 2.39. The minimum Gasteiger partial charge on any atom is -0.420 e. The van der Waals surface area contributed by atoms with Crippen molar-refractivity contribution in [3.63, 3.8) is 0 Å². The van der Waals surface area contributed by atoms with Crippen molar-refractivity contribution in [2.24, 2.45) is 0 Å². The van der Waals surface area contributed by atoms with E-state index in [1.165, 1.54) is 25.1 Å². The number of halogens is 3. The van der Waals surface area contributed by atoms with Gasteiger partial charge in [0.05, 0.1) is 5.56 Å². The highest BCUT2D eigenvalue weighted by Gasteiger charge is 2.33. The maximum atomic E-state index is 12.4. The van der Waals surface area contributed by atoms with Crippen LogP contribution in [-0.4, -0.2) is 17.5 Å². The van der Waals surface area contributed by atoms with Crippen LogP contribution in [0.4, 0.5) is 13.2 Å². The van der Waals surface area contributed by atoms with Gasteiger partial charge in [0.15, 0.2) is 11.5 Å². The van der Waals surface area contributed by atoms with Crippen molar-refractivity contribution in [3.8, 4) is 22.8 Å². The lowest BCUT2D eigenvalue weighted by Gasteiger charge is -2.12. The van der Waals surface area contributed by atoms with Crippen LogP contribution in [0, 0.1) is 6.92 Å². The first kappa shape index (κ1) is 14.9. The lowest BCUT2D eigenvalue weighted by Crippen LogP contribution is -2.17. The highest BCUT2D eigenvalue weighted by molar-refractivity contribution is 5.77. The van der Waals surface area contributed by atoms with Gasteiger partial charge in [0, 0.05) is 13.8 Å². The Kier molecular flexibility index (Phi) is 3.88. The van der Waals surface area contributed by atoms with E-state index in [9.17, 15) is 18.0 Å². The zero-order valence-electron chi connectivity index (χ0n) is 11.0. The molecule has 0 radical (unpaired) electrons. The topological polar surface area (TPSA) is 61.6 Å². The van der Waals surface area contributed by atoms with E-state index >= 15 is 0 Å². The second-order valence-electron chi connectivity index (χ2n) is 4.05. The van der Waals surface area contributed by atoms with Crippen LogP contribution in [0.25, 0.3) is 11.3 Å². The number of rotatable bonds is 3. The minimum atomic E-state index is -4.85. The average molecular weight is 301 g/mol. The number of carbonyl (C=O) groups is 1. The van der Waals surface area contributed by atoms with E-state index in [0.29, 0.717) is 0 Å². The van der Waals surface area contributed by atoms with E-state index in [2.05, 4.69) is 9.89 Å². The van der Waals surface area contributed by atoms with E-state index in [-0.39, 0.29) is 22.8 Å². The molecule has 2 rings (SSSR count). The molecule has 5 nitrogen and oxygen atoms in total. The Morgan fingerprint density at radius 1 is 1.29 bits per heavy atom. The molecule has 1 aromatic carbocycles. The van der Waals surface area contributed by atoms with E-state index in [1.54, 1.807) is 0 Å². The summed E-state index contributed by atoms with van der Waals surface area (Å²) in [4.78, 5) is 11.1. The number of carbonyl (C=O) groups excluding carboxylic acids is 1. The molecule has 0 N–H and O–H groups in total. The number of hydrogen-bond acceptors (Lipinski definition) is 5. The van der Waals surface area contributed by atoms with E-state index < -0.39 is 18.1 Å². The van der Waals surface area contributed by atoms with Crippen molar-refractivity contribution in [2.45, 2.75) is 20.2 Å². The zero-order chi connectivity index (χ0) is 15.6. The first-order chi connectivity index (χ1) is 9.78. The van der Waals surface area contributed by atoms with Gasteiger partial charge in [0.2, 0.25) is 5.75 Å². The van der Waals surface area contributed by atoms with Crippen LogP contribution in [0.1, 0.15) is 12.7 Å². The summed E-state index contributed by atoms with van der Waals surface area (Å²) in [6, 6.07) is 5.36. The third-order valence-corrected chi connectivity index (χ3v) is 2.42. The molecular formula is C13H10F3NO4. The monoisotopic (exact) mass is 301 g/mol. The summed E-state index contributed by atoms with van der Waals surface area (Å²) in [5, 5.41) is 3.63. The lowest BCUT2D eigenvalue weighted by atomic mass is 10.1. The van der Waals surface area contributed by atoms with Gasteiger partial charge in [-0.1, -0.05) is 17.3 Å². The van der Waals surface area contributed by atoms with Gasteiger partial charge in [-0.05, 0) is 12.1 Å². The molecule has 0 atom stereocenters. The number of alkyl halides is 3. The largest absolute Gasteiger partial charge is 0.573 e. The van der Waals surface area contributed by atoms with Gasteiger partial charge in [-0.2, -0.15) is 0 Å². The Morgan fingerprint density at radius 3 is 2.57 bits per heavy atom. The number of nitrogens with zero attached hydrogens (tertiary/aromatic N) is 1. The van der Waals surface area contributed by atoms with E-state index in [1.807, 2.05) is 0 Å². The van der Waals surface area contributed by atoms with Gasteiger partial charge in [0.25, 0.3) is 0 Å². The fourth-order valence-corrected chi connectivity index (χ4v) is 1.68. The lowest BCUT2D eigenvalue weighted by molar-refractivity contribution is -0.274. The molecule has 0 saturated carbocycles. The van der Waals surface area contributed by atoms with Crippen molar-refractivity contribution in [1.29, 1.82) is 0 Å². The molecule has 0 bridgehead atoms. The van der Waals surface area contributed by atoms with Gasteiger partial charge in [0.1, 0.15) is 5.75 Å². The normalized spacial score (nSPS) is 11.3. The molecule has 21 heavy (non-hydrogen) atoms. The Balaban J connectivity index is 2.50. The molecule has 0 aliphatic rings. The van der Waals surface area contributed by atoms with Crippen molar-refractivity contribution in [1.82, 2.24) is 5.16 Å². The van der Waals surface area contributed by atoms with Crippen molar-refractivity contribution in [2.75, 3.05) is 0 Å². The molecule has 0 amide bonds. The van der Waals surface area contributed by atoms with Gasteiger partial charge >= 0.3 is 12.3 Å². The molecule has 112 valence electrons. The first-order valence-electron chi connectivity index (χ1n) is 5.78. The fourth-order valence-electron chi connectivity index (χ4n) is 1.68. The zero-order valence-corrected chi connectivity index (χ0v) is 11.0. The van der Waals surface area contributed by atoms with Crippen LogP contribution in [0.15, 0.2) is 28.8 Å². The molecule has 0 spiro atoms. The number of esters is 1. The molecule has 0 fully saturated rings. The predicted molar refractivity (Wildman–Crippen MR) is 64.7 cm³/mol. The SMILES string of the molecule is CC(=O)Oc1c(-c2ccccc2OC(F)(F)F)noc1C. The number of hydrogen-bond donors (Lipinski definition) is 0. The predicted octanol–water partition coefficient (Wildman–Crippen LogP) is 3.47. The smallest absolute Gasteiger partial charge is 0.420 e. The molecule has 0 aliphatic carbocycles. The van der Waals surface area contributed by atoms with Crippen molar-refractivity contribution >= 4 is 5.97 Å². The van der Waals surface area contributed by atoms with Gasteiger partial charge < -0.3 is 14.0 Å². The van der Waals surface area contributed by atoms with E-state index in [4.69, 9.17) is 9.26 Å². The quantitative estimate of drug-likeness (QED) is 0.812. The molecule has 0 unspecified atom stereocenters. The van der Waals surface area contributed by atoms with Crippen LogP contribution in [-0.2, 0) is 4.79 Å². The number of aromatic nitrogens is 1. The van der Waals surface area contributed by atoms with Crippen LogP contribution in [0.5, 0.6) is 11.5 Å². The number of para-hydroxylation sites is 1. The van der Waals surface area contributed by atoms with Crippen LogP contribution < -0.4 is 9.47 Å². The van der Waals surface area contributed by atoms with E-state index in [0.717, 1.165) is 13.0 Å². The van der Waals surface area contributed by atoms with Gasteiger partial charge in [-0.3, -0.25) is 4.79 Å². The minimum absolute atomic E-state index is 0.00271. The summed E-state index contributed by atoms with van der Waals surface area (Å²) < 4.78 is 50.9. The molecular weight excluding hydrogens is 291 g/mol. The third kappa shape index (κ3) is 3.53. The van der Waals surface area contributed by atoms with Crippen LogP contribution >= 0.6 is 0 Å². The maximum absolute atomic E-state index is 12.4. The third-order valence-electron chi connectivity index (χ3n) is 2.42. The Morgan fingerprint density at radius 2 is 1.95 bits per heavy atom. The van der Waals surface area contributed by atoms with Crippen LogP contribution in [0.3, 0.4) is 0 Å². The second-order valence-corrected chi connectivity index (χ2v) is 4.05. The second kappa shape index (κ2) is 5.47. The fraction of sp³-hybridized carbons (Fsp3) is 0.231. The Labute approximate surface area is 117 Å². The molecule has 1 heterocycles. The Hall–Kier alpha value is -2.51. The highest BCUT2D eigenvalue weighted by atomic mass is 19.4. The Bertz CT molecular complexity index is 664.